The summed E-state index contributed by atoms with van der Waals surface area (Å²) in [6, 6.07) is 6.62. The van der Waals surface area contributed by atoms with E-state index >= 15 is 0 Å². The van der Waals surface area contributed by atoms with Gasteiger partial charge in [-0.3, -0.25) is 4.79 Å². The number of rotatable bonds is 4. The smallest absolute Gasteiger partial charge is 0.243 e. The first kappa shape index (κ1) is 17.7. The number of carbonyl (C=O) groups is 1. The summed E-state index contributed by atoms with van der Waals surface area (Å²) in [5, 5.41) is 3.52. The van der Waals surface area contributed by atoms with Gasteiger partial charge in [0, 0.05) is 30.1 Å². The van der Waals surface area contributed by atoms with Gasteiger partial charge in [0.25, 0.3) is 0 Å². The lowest BCUT2D eigenvalue weighted by Gasteiger charge is -2.31. The first-order chi connectivity index (χ1) is 11.5. The first-order valence-corrected chi connectivity index (χ1v) is 10.3. The summed E-state index contributed by atoms with van der Waals surface area (Å²) in [4.78, 5) is 12.5. The van der Waals surface area contributed by atoms with Gasteiger partial charge in [-0.1, -0.05) is 30.5 Å². The number of piperidine rings is 1. The van der Waals surface area contributed by atoms with Gasteiger partial charge in [0.05, 0.1) is 4.90 Å². The minimum atomic E-state index is -3.54. The van der Waals surface area contributed by atoms with Crippen LogP contribution < -0.4 is 5.32 Å². The van der Waals surface area contributed by atoms with Gasteiger partial charge < -0.3 is 5.32 Å². The molecule has 1 saturated carbocycles. The van der Waals surface area contributed by atoms with Crippen LogP contribution in [-0.4, -0.2) is 37.8 Å². The van der Waals surface area contributed by atoms with Gasteiger partial charge in [0.2, 0.25) is 15.9 Å². The van der Waals surface area contributed by atoms with E-state index < -0.39 is 10.0 Å². The molecule has 3 rings (SSSR count). The SMILES string of the molecule is O=C(NC1CCCC1)C1CCN(S(=O)(=O)c2cccc(Cl)c2)CC1. The molecule has 1 amide bonds. The molecule has 1 aromatic rings. The summed E-state index contributed by atoms with van der Waals surface area (Å²) < 4.78 is 26.8. The normalized spacial score (nSPS) is 21.0. The maximum atomic E-state index is 12.7. The molecule has 1 aliphatic carbocycles. The van der Waals surface area contributed by atoms with Crippen molar-refractivity contribution in [2.24, 2.45) is 5.92 Å². The lowest BCUT2D eigenvalue weighted by atomic mass is 9.97. The Balaban J connectivity index is 1.59. The van der Waals surface area contributed by atoms with Crippen LogP contribution in [0, 0.1) is 5.92 Å². The molecule has 7 heteroatoms. The maximum Gasteiger partial charge on any atom is 0.243 e. The number of amides is 1. The van der Waals surface area contributed by atoms with E-state index in [1.54, 1.807) is 18.2 Å². The van der Waals surface area contributed by atoms with Crippen molar-refractivity contribution in [3.8, 4) is 0 Å². The molecule has 0 aromatic heterocycles. The van der Waals surface area contributed by atoms with Gasteiger partial charge in [0.15, 0.2) is 0 Å². The maximum absolute atomic E-state index is 12.7. The molecule has 0 spiro atoms. The Kier molecular flexibility index (Phi) is 5.47. The van der Waals surface area contributed by atoms with E-state index in [0.717, 1.165) is 12.8 Å². The van der Waals surface area contributed by atoms with Crippen LogP contribution in [0.2, 0.25) is 5.02 Å². The molecule has 0 bridgehead atoms. The minimum Gasteiger partial charge on any atom is -0.353 e. The Morgan fingerprint density at radius 2 is 1.79 bits per heavy atom. The van der Waals surface area contributed by atoms with Gasteiger partial charge >= 0.3 is 0 Å². The molecule has 0 unspecified atom stereocenters. The quantitative estimate of drug-likeness (QED) is 0.886. The Labute approximate surface area is 148 Å². The van der Waals surface area contributed by atoms with E-state index in [-0.39, 0.29) is 16.7 Å². The number of nitrogens with zero attached hydrogens (tertiary/aromatic N) is 1. The van der Waals surface area contributed by atoms with Crippen LogP contribution in [0.1, 0.15) is 38.5 Å². The predicted octanol–water partition coefficient (Wildman–Crippen LogP) is 2.80. The zero-order valence-electron chi connectivity index (χ0n) is 13.6. The molecule has 1 N–H and O–H groups in total. The Morgan fingerprint density at radius 3 is 2.42 bits per heavy atom. The monoisotopic (exact) mass is 370 g/mol. The average Bonchev–Trinajstić information content (AvgIpc) is 3.08. The second kappa shape index (κ2) is 7.42. The molecule has 1 aliphatic heterocycles. The highest BCUT2D eigenvalue weighted by atomic mass is 35.5. The van der Waals surface area contributed by atoms with E-state index in [1.807, 2.05) is 0 Å². The van der Waals surface area contributed by atoms with Crippen LogP contribution in [-0.2, 0) is 14.8 Å². The van der Waals surface area contributed by atoms with Crippen molar-refractivity contribution in [1.29, 1.82) is 0 Å². The van der Waals surface area contributed by atoms with Crippen molar-refractivity contribution in [2.45, 2.75) is 49.5 Å². The van der Waals surface area contributed by atoms with Gasteiger partial charge in [0.1, 0.15) is 0 Å². The number of benzene rings is 1. The van der Waals surface area contributed by atoms with Crippen molar-refractivity contribution in [1.82, 2.24) is 9.62 Å². The number of nitrogens with one attached hydrogen (secondary N) is 1. The minimum absolute atomic E-state index is 0.0849. The van der Waals surface area contributed by atoms with Gasteiger partial charge in [-0.05, 0) is 43.9 Å². The van der Waals surface area contributed by atoms with Gasteiger partial charge in [-0.2, -0.15) is 4.31 Å². The molecule has 2 fully saturated rings. The summed E-state index contributed by atoms with van der Waals surface area (Å²) in [5.41, 5.74) is 0. The van der Waals surface area contributed by atoms with E-state index in [9.17, 15) is 13.2 Å². The van der Waals surface area contributed by atoms with Crippen LogP contribution in [0.15, 0.2) is 29.2 Å². The second-order valence-electron chi connectivity index (χ2n) is 6.63. The fourth-order valence-electron chi connectivity index (χ4n) is 3.52. The lowest BCUT2D eigenvalue weighted by molar-refractivity contribution is -0.126. The third-order valence-electron chi connectivity index (χ3n) is 4.96. The van der Waals surface area contributed by atoms with E-state index in [2.05, 4.69) is 5.32 Å². The predicted molar refractivity (Wildman–Crippen MR) is 93.3 cm³/mol. The van der Waals surface area contributed by atoms with Crippen molar-refractivity contribution < 1.29 is 13.2 Å². The zero-order valence-corrected chi connectivity index (χ0v) is 15.2. The van der Waals surface area contributed by atoms with Gasteiger partial charge in [-0.15, -0.1) is 0 Å². The lowest BCUT2D eigenvalue weighted by Crippen LogP contribution is -2.44. The number of sulfonamides is 1. The summed E-state index contributed by atoms with van der Waals surface area (Å²) in [6.45, 7) is 0.745. The van der Waals surface area contributed by atoms with Crippen LogP contribution in [0.3, 0.4) is 0 Å². The van der Waals surface area contributed by atoms with Gasteiger partial charge in [-0.25, -0.2) is 8.42 Å². The van der Waals surface area contributed by atoms with Crippen molar-refractivity contribution in [2.75, 3.05) is 13.1 Å². The molecule has 1 heterocycles. The molecular weight excluding hydrogens is 348 g/mol. The van der Waals surface area contributed by atoms with Crippen molar-refractivity contribution >= 4 is 27.5 Å². The highest BCUT2D eigenvalue weighted by Gasteiger charge is 2.33. The Bertz CT molecular complexity index is 694. The number of hydrogen-bond acceptors (Lipinski definition) is 3. The standard InChI is InChI=1S/C17H23ClN2O3S/c18-14-4-3-7-16(12-14)24(22,23)20-10-8-13(9-11-20)17(21)19-15-5-1-2-6-15/h3-4,7,12-13,15H,1-2,5-6,8-11H2,(H,19,21). The van der Waals surface area contributed by atoms with E-state index in [1.165, 1.54) is 23.2 Å². The van der Waals surface area contributed by atoms with Crippen molar-refractivity contribution in [3.05, 3.63) is 29.3 Å². The van der Waals surface area contributed by atoms with E-state index in [0.29, 0.717) is 37.0 Å². The first-order valence-electron chi connectivity index (χ1n) is 8.53. The molecule has 0 radical (unpaired) electrons. The zero-order chi connectivity index (χ0) is 17.2. The highest BCUT2D eigenvalue weighted by molar-refractivity contribution is 7.89. The number of halogens is 1. The fourth-order valence-corrected chi connectivity index (χ4v) is 5.30. The van der Waals surface area contributed by atoms with Crippen LogP contribution in [0.25, 0.3) is 0 Å². The van der Waals surface area contributed by atoms with Crippen LogP contribution in [0.5, 0.6) is 0 Å². The Hall–Kier alpha value is -1.11. The average molecular weight is 371 g/mol. The summed E-state index contributed by atoms with van der Waals surface area (Å²) >= 11 is 5.90. The second-order valence-corrected chi connectivity index (χ2v) is 9.00. The summed E-state index contributed by atoms with van der Waals surface area (Å²) in [5.74, 6) is -0.00175. The summed E-state index contributed by atoms with van der Waals surface area (Å²) in [6.07, 6.45) is 5.63. The molecule has 2 aliphatic rings. The Morgan fingerprint density at radius 1 is 1.12 bits per heavy atom. The third kappa shape index (κ3) is 3.92. The number of hydrogen-bond donors (Lipinski definition) is 1. The summed E-state index contributed by atoms with van der Waals surface area (Å²) in [7, 11) is -3.54. The molecule has 0 atom stereocenters. The number of carbonyl (C=O) groups excluding carboxylic acids is 1. The molecular formula is C17H23ClN2O3S. The largest absolute Gasteiger partial charge is 0.353 e. The van der Waals surface area contributed by atoms with E-state index in [4.69, 9.17) is 11.6 Å². The third-order valence-corrected chi connectivity index (χ3v) is 7.09. The molecule has 1 saturated heterocycles. The van der Waals surface area contributed by atoms with Crippen LogP contribution in [0.4, 0.5) is 0 Å². The molecule has 1 aromatic carbocycles. The van der Waals surface area contributed by atoms with Crippen LogP contribution >= 0.6 is 11.6 Å². The molecule has 24 heavy (non-hydrogen) atoms. The van der Waals surface area contributed by atoms with Crippen molar-refractivity contribution in [3.63, 3.8) is 0 Å². The topological polar surface area (TPSA) is 66.5 Å². The molecule has 5 nitrogen and oxygen atoms in total. The highest BCUT2D eigenvalue weighted by Crippen LogP contribution is 2.26. The fraction of sp³-hybridized carbons (Fsp3) is 0.588. The molecule has 132 valence electrons.